The van der Waals surface area contributed by atoms with E-state index in [1.165, 1.54) is 0 Å². The molecule has 0 aromatic carbocycles. The van der Waals surface area contributed by atoms with E-state index in [-0.39, 0.29) is 0 Å². The van der Waals surface area contributed by atoms with Crippen molar-refractivity contribution >= 4 is 6.04 Å². The standard InChI is InChI=1S/C3H3F3O/c4-1-2(5)3(6)7/h2H,1H2. The van der Waals surface area contributed by atoms with E-state index in [1.807, 2.05) is 0 Å². The summed E-state index contributed by atoms with van der Waals surface area (Å²) in [6.45, 7) is -1.57. The van der Waals surface area contributed by atoms with Crippen molar-refractivity contribution in [3.63, 3.8) is 0 Å². The highest BCUT2D eigenvalue weighted by atomic mass is 19.2. The molecule has 0 saturated carbocycles. The van der Waals surface area contributed by atoms with Gasteiger partial charge in [-0.3, -0.25) is 4.79 Å². The largest absolute Gasteiger partial charge is 0.338 e. The summed E-state index contributed by atoms with van der Waals surface area (Å²) >= 11 is 0. The Morgan fingerprint density at radius 3 is 2.14 bits per heavy atom. The zero-order chi connectivity index (χ0) is 5.86. The number of carbonyl (C=O) groups is 1. The Bertz CT molecular complexity index is 72.6. The molecule has 1 unspecified atom stereocenters. The Morgan fingerprint density at radius 2 is 2.14 bits per heavy atom. The molecule has 0 fully saturated rings. The second kappa shape index (κ2) is 2.60. The van der Waals surface area contributed by atoms with Gasteiger partial charge < -0.3 is 0 Å². The van der Waals surface area contributed by atoms with E-state index < -0.39 is 18.9 Å². The molecule has 0 spiro atoms. The number of carbonyl (C=O) groups excluding carboxylic acids is 1. The molecule has 0 saturated heterocycles. The van der Waals surface area contributed by atoms with E-state index in [0.717, 1.165) is 0 Å². The van der Waals surface area contributed by atoms with Crippen LogP contribution in [0.15, 0.2) is 0 Å². The maximum absolute atomic E-state index is 11.2. The van der Waals surface area contributed by atoms with Crippen LogP contribution in [0, 0.1) is 0 Å². The van der Waals surface area contributed by atoms with Crippen LogP contribution in [-0.2, 0) is 4.79 Å². The van der Waals surface area contributed by atoms with E-state index in [9.17, 15) is 13.2 Å². The van der Waals surface area contributed by atoms with Gasteiger partial charge >= 0.3 is 6.04 Å². The molecule has 1 nitrogen and oxygen atoms in total. The number of halogens is 3. The van der Waals surface area contributed by atoms with Gasteiger partial charge in [-0.25, -0.2) is 8.78 Å². The summed E-state index contributed by atoms with van der Waals surface area (Å²) in [5.74, 6) is 0. The molecule has 0 bridgehead atoms. The number of hydrogen-bond donors (Lipinski definition) is 0. The van der Waals surface area contributed by atoms with Crippen LogP contribution in [0.1, 0.15) is 0 Å². The van der Waals surface area contributed by atoms with Gasteiger partial charge in [0.2, 0.25) is 6.17 Å². The first-order valence-corrected chi connectivity index (χ1v) is 1.58. The summed E-state index contributed by atoms with van der Waals surface area (Å²) in [6.07, 6.45) is -2.57. The molecular weight excluding hydrogens is 109 g/mol. The SMILES string of the molecule is O=C(F)C(F)CF. The molecule has 0 radical (unpaired) electrons. The van der Waals surface area contributed by atoms with Crippen molar-refractivity contribution < 1.29 is 18.0 Å². The summed E-state index contributed by atoms with van der Waals surface area (Å²) in [7, 11) is 0. The van der Waals surface area contributed by atoms with E-state index in [4.69, 9.17) is 4.79 Å². The second-order valence-electron chi connectivity index (χ2n) is 0.926. The van der Waals surface area contributed by atoms with E-state index in [0.29, 0.717) is 0 Å². The minimum Gasteiger partial charge on any atom is -0.258 e. The average molecular weight is 112 g/mol. The molecule has 0 aromatic rings. The normalized spacial score (nSPS) is 13.6. The highest BCUT2D eigenvalue weighted by Gasteiger charge is 2.14. The zero-order valence-corrected chi connectivity index (χ0v) is 3.33. The Balaban J connectivity index is 3.34. The van der Waals surface area contributed by atoms with Gasteiger partial charge in [0.25, 0.3) is 0 Å². The molecule has 4 heteroatoms. The first kappa shape index (κ1) is 6.46. The fourth-order valence-corrected chi connectivity index (χ4v) is 0.0607. The number of rotatable bonds is 2. The van der Waals surface area contributed by atoms with Crippen molar-refractivity contribution in [2.75, 3.05) is 6.67 Å². The fourth-order valence-electron chi connectivity index (χ4n) is 0.0607. The molecule has 0 N–H and O–H groups in total. The van der Waals surface area contributed by atoms with E-state index in [2.05, 4.69) is 0 Å². The van der Waals surface area contributed by atoms with Crippen molar-refractivity contribution in [2.24, 2.45) is 0 Å². The second-order valence-corrected chi connectivity index (χ2v) is 0.926. The minimum absolute atomic E-state index is 1.57. The van der Waals surface area contributed by atoms with Gasteiger partial charge in [0, 0.05) is 0 Å². The summed E-state index contributed by atoms with van der Waals surface area (Å²) in [5.41, 5.74) is 0. The number of alkyl halides is 2. The average Bonchev–Trinajstić information content (AvgIpc) is 1.65. The highest BCUT2D eigenvalue weighted by Crippen LogP contribution is 1.92. The molecule has 1 atom stereocenters. The zero-order valence-electron chi connectivity index (χ0n) is 3.33. The van der Waals surface area contributed by atoms with Crippen molar-refractivity contribution in [3.8, 4) is 0 Å². The first-order chi connectivity index (χ1) is 3.18. The van der Waals surface area contributed by atoms with Gasteiger partial charge in [-0.05, 0) is 0 Å². The van der Waals surface area contributed by atoms with E-state index in [1.54, 1.807) is 0 Å². The first-order valence-electron chi connectivity index (χ1n) is 1.58. The van der Waals surface area contributed by atoms with Crippen LogP contribution in [0.2, 0.25) is 0 Å². The lowest BCUT2D eigenvalue weighted by atomic mass is 10.5. The monoisotopic (exact) mass is 112 g/mol. The van der Waals surface area contributed by atoms with Gasteiger partial charge in [-0.2, -0.15) is 4.39 Å². The predicted molar refractivity (Wildman–Crippen MR) is 17.0 cm³/mol. The smallest absolute Gasteiger partial charge is 0.258 e. The van der Waals surface area contributed by atoms with Crippen LogP contribution >= 0.6 is 0 Å². The fraction of sp³-hybridized carbons (Fsp3) is 0.667. The lowest BCUT2D eigenvalue weighted by molar-refractivity contribution is -0.135. The van der Waals surface area contributed by atoms with Crippen LogP contribution < -0.4 is 0 Å². The molecule has 0 aliphatic carbocycles. The maximum atomic E-state index is 11.2. The number of hydrogen-bond acceptors (Lipinski definition) is 1. The molecule has 0 amide bonds. The van der Waals surface area contributed by atoms with Crippen LogP contribution in [0.3, 0.4) is 0 Å². The van der Waals surface area contributed by atoms with Gasteiger partial charge in [0.05, 0.1) is 0 Å². The Hall–Kier alpha value is -0.540. The van der Waals surface area contributed by atoms with Crippen molar-refractivity contribution in [1.29, 1.82) is 0 Å². The molecule has 0 aromatic heterocycles. The molecule has 0 aliphatic rings. The van der Waals surface area contributed by atoms with E-state index >= 15 is 0 Å². The van der Waals surface area contributed by atoms with Crippen molar-refractivity contribution in [3.05, 3.63) is 0 Å². The molecule has 42 valence electrons. The van der Waals surface area contributed by atoms with Gasteiger partial charge in [-0.15, -0.1) is 0 Å². The third-order valence-corrected chi connectivity index (χ3v) is 0.382. The lowest BCUT2D eigenvalue weighted by Crippen LogP contribution is -2.11. The van der Waals surface area contributed by atoms with Gasteiger partial charge in [0.15, 0.2) is 0 Å². The van der Waals surface area contributed by atoms with Crippen molar-refractivity contribution in [1.82, 2.24) is 0 Å². The van der Waals surface area contributed by atoms with Crippen LogP contribution in [0.5, 0.6) is 0 Å². The Labute approximate surface area is 38.1 Å². The summed E-state index contributed by atoms with van der Waals surface area (Å²) in [5, 5.41) is 0. The van der Waals surface area contributed by atoms with Crippen LogP contribution in [-0.4, -0.2) is 18.9 Å². The minimum atomic E-state index is -2.57. The molecule has 7 heavy (non-hydrogen) atoms. The molecule has 0 aliphatic heterocycles. The van der Waals surface area contributed by atoms with Crippen LogP contribution in [0.4, 0.5) is 13.2 Å². The Kier molecular flexibility index (Phi) is 2.40. The summed E-state index contributed by atoms with van der Waals surface area (Å²) < 4.78 is 32.8. The van der Waals surface area contributed by atoms with Crippen molar-refractivity contribution in [2.45, 2.75) is 6.17 Å². The molecule has 0 rings (SSSR count). The predicted octanol–water partition coefficient (Wildman–Crippen LogP) is 0.790. The maximum Gasteiger partial charge on any atom is 0.338 e. The summed E-state index contributed by atoms with van der Waals surface area (Å²) in [6, 6.07) is -2.25. The highest BCUT2D eigenvalue weighted by molar-refractivity contribution is 5.73. The van der Waals surface area contributed by atoms with Gasteiger partial charge in [0.1, 0.15) is 6.67 Å². The molecule has 0 heterocycles. The third kappa shape index (κ3) is 2.19. The van der Waals surface area contributed by atoms with Gasteiger partial charge in [-0.1, -0.05) is 0 Å². The summed E-state index contributed by atoms with van der Waals surface area (Å²) in [4.78, 5) is 9.09. The Morgan fingerprint density at radius 1 is 1.71 bits per heavy atom. The molecular formula is C3H3F3O. The lowest BCUT2D eigenvalue weighted by Gasteiger charge is -1.87. The third-order valence-electron chi connectivity index (χ3n) is 0.382. The quantitative estimate of drug-likeness (QED) is 0.482. The van der Waals surface area contributed by atoms with Crippen LogP contribution in [0.25, 0.3) is 0 Å². The topological polar surface area (TPSA) is 17.1 Å².